The normalized spacial score (nSPS) is 10.6. The van der Waals surface area contributed by atoms with Gasteiger partial charge in [-0.05, 0) is 19.1 Å². The number of hydrogen-bond acceptors (Lipinski definition) is 3. The molecule has 18 heavy (non-hydrogen) atoms. The van der Waals surface area contributed by atoms with Crippen LogP contribution in [0.5, 0.6) is 0 Å². The van der Waals surface area contributed by atoms with Crippen LogP contribution in [0, 0.1) is 12.7 Å². The van der Waals surface area contributed by atoms with E-state index in [0.29, 0.717) is 22.1 Å². The summed E-state index contributed by atoms with van der Waals surface area (Å²) >= 11 is 5.95. The Hall–Kier alpha value is -1.95. The van der Waals surface area contributed by atoms with Gasteiger partial charge in [-0.3, -0.25) is 4.79 Å². The highest BCUT2D eigenvalue weighted by atomic mass is 35.5. The summed E-state index contributed by atoms with van der Waals surface area (Å²) in [5.74, 6) is -1.46. The van der Waals surface area contributed by atoms with E-state index < -0.39 is 11.8 Å². The second kappa shape index (κ2) is 4.73. The van der Waals surface area contributed by atoms with Crippen LogP contribution >= 0.6 is 11.6 Å². The van der Waals surface area contributed by atoms with Crippen molar-refractivity contribution in [3.63, 3.8) is 0 Å². The Morgan fingerprint density at radius 2 is 2.28 bits per heavy atom. The zero-order valence-corrected chi connectivity index (χ0v) is 10.1. The molecule has 5 nitrogen and oxygen atoms in total. The average Bonchev–Trinajstić information content (AvgIpc) is 2.64. The molecule has 1 aromatic heterocycles. The summed E-state index contributed by atoms with van der Waals surface area (Å²) in [4.78, 5) is 10.6. The minimum atomic E-state index is -1.00. The molecule has 0 spiro atoms. The lowest BCUT2D eigenvalue weighted by atomic mass is 10.2. The van der Waals surface area contributed by atoms with Crippen LogP contribution < -0.4 is 0 Å². The summed E-state index contributed by atoms with van der Waals surface area (Å²) in [5.41, 5.74) is 1.17. The van der Waals surface area contributed by atoms with E-state index in [0.717, 1.165) is 0 Å². The Labute approximate surface area is 107 Å². The van der Waals surface area contributed by atoms with Gasteiger partial charge in [0.1, 0.15) is 5.82 Å². The molecule has 0 unspecified atom stereocenters. The lowest BCUT2D eigenvalue weighted by Gasteiger charge is -2.05. The van der Waals surface area contributed by atoms with Crippen LogP contribution in [0.1, 0.15) is 11.4 Å². The minimum absolute atomic E-state index is 0.237. The predicted molar refractivity (Wildman–Crippen MR) is 62.4 cm³/mol. The summed E-state index contributed by atoms with van der Waals surface area (Å²) in [6, 6.07) is 3.86. The summed E-state index contributed by atoms with van der Waals surface area (Å²) in [7, 11) is 0. The largest absolute Gasteiger partial charge is 0.481 e. The molecule has 0 atom stereocenters. The van der Waals surface area contributed by atoms with Crippen LogP contribution in [0.4, 0.5) is 4.39 Å². The van der Waals surface area contributed by atoms with E-state index in [-0.39, 0.29) is 6.42 Å². The second-order valence-corrected chi connectivity index (χ2v) is 4.11. The number of nitrogens with zero attached hydrogens (tertiary/aromatic N) is 3. The Kier molecular flexibility index (Phi) is 3.29. The number of hydrogen-bond donors (Lipinski definition) is 1. The highest BCUT2D eigenvalue weighted by molar-refractivity contribution is 6.32. The summed E-state index contributed by atoms with van der Waals surface area (Å²) in [6.07, 6.45) is -0.237. The quantitative estimate of drug-likeness (QED) is 0.925. The Balaban J connectivity index is 2.48. The molecule has 0 saturated heterocycles. The molecule has 7 heteroatoms. The number of aromatic nitrogens is 3. The molecule has 0 radical (unpaired) electrons. The first-order chi connectivity index (χ1) is 8.49. The van der Waals surface area contributed by atoms with Crippen LogP contribution in [-0.4, -0.2) is 26.1 Å². The molecule has 0 aliphatic heterocycles. The smallest absolute Gasteiger partial charge is 0.309 e. The summed E-state index contributed by atoms with van der Waals surface area (Å²) in [5, 5.41) is 16.6. The standard InChI is InChI=1S/C11H9ClFN3O2/c1-6-9(5-11(17)18)14-15-16(6)10-4-7(13)2-3-8(10)12/h2-4H,5H2,1H3,(H,17,18). The average molecular weight is 270 g/mol. The minimum Gasteiger partial charge on any atom is -0.481 e. The SMILES string of the molecule is Cc1c(CC(=O)O)nnn1-c1cc(F)ccc1Cl. The summed E-state index contributed by atoms with van der Waals surface area (Å²) < 4.78 is 14.5. The highest BCUT2D eigenvalue weighted by Gasteiger charge is 2.15. The van der Waals surface area contributed by atoms with Gasteiger partial charge in [0.05, 0.1) is 28.5 Å². The third kappa shape index (κ3) is 2.33. The fourth-order valence-electron chi connectivity index (χ4n) is 1.54. The van der Waals surface area contributed by atoms with Crippen molar-refractivity contribution in [3.8, 4) is 5.69 Å². The van der Waals surface area contributed by atoms with Crippen LogP contribution in [0.25, 0.3) is 5.69 Å². The molecule has 0 amide bonds. The zero-order valence-electron chi connectivity index (χ0n) is 9.39. The van der Waals surface area contributed by atoms with Crippen molar-refractivity contribution in [1.29, 1.82) is 0 Å². The first-order valence-corrected chi connectivity index (χ1v) is 5.45. The maximum atomic E-state index is 13.2. The van der Waals surface area contributed by atoms with Gasteiger partial charge < -0.3 is 5.11 Å². The Bertz CT molecular complexity index is 612. The van der Waals surface area contributed by atoms with E-state index in [1.54, 1.807) is 6.92 Å². The van der Waals surface area contributed by atoms with Crippen molar-refractivity contribution in [1.82, 2.24) is 15.0 Å². The number of benzene rings is 1. The lowest BCUT2D eigenvalue weighted by molar-refractivity contribution is -0.136. The fourth-order valence-corrected chi connectivity index (χ4v) is 1.74. The monoisotopic (exact) mass is 269 g/mol. The molecule has 2 aromatic rings. The van der Waals surface area contributed by atoms with Gasteiger partial charge in [0, 0.05) is 6.07 Å². The second-order valence-electron chi connectivity index (χ2n) is 3.70. The molecule has 1 N–H and O–H groups in total. The van der Waals surface area contributed by atoms with Gasteiger partial charge in [-0.25, -0.2) is 9.07 Å². The summed E-state index contributed by atoms with van der Waals surface area (Å²) in [6.45, 7) is 1.65. The van der Waals surface area contributed by atoms with E-state index in [1.807, 2.05) is 0 Å². The van der Waals surface area contributed by atoms with Gasteiger partial charge in [-0.15, -0.1) is 5.10 Å². The molecule has 2 rings (SSSR count). The third-order valence-electron chi connectivity index (χ3n) is 2.45. The van der Waals surface area contributed by atoms with Crippen molar-refractivity contribution in [2.75, 3.05) is 0 Å². The molecule has 0 aliphatic rings. The molecule has 0 saturated carbocycles. The number of carbonyl (C=O) groups is 1. The van der Waals surface area contributed by atoms with Crippen LogP contribution in [0.15, 0.2) is 18.2 Å². The molecule has 0 aliphatic carbocycles. The third-order valence-corrected chi connectivity index (χ3v) is 2.76. The molecule has 1 aromatic carbocycles. The molecule has 0 fully saturated rings. The number of rotatable bonds is 3. The predicted octanol–water partition coefficient (Wildman–Crippen LogP) is 2.00. The maximum absolute atomic E-state index is 13.2. The number of carboxylic acid groups (broad SMARTS) is 1. The van der Waals surface area contributed by atoms with E-state index >= 15 is 0 Å². The molecule has 1 heterocycles. The van der Waals surface area contributed by atoms with Gasteiger partial charge in [0.2, 0.25) is 0 Å². The first kappa shape index (κ1) is 12.5. The van der Waals surface area contributed by atoms with Gasteiger partial charge in [-0.1, -0.05) is 16.8 Å². The number of halogens is 2. The van der Waals surface area contributed by atoms with Crippen LogP contribution in [0.2, 0.25) is 5.02 Å². The zero-order chi connectivity index (χ0) is 13.3. The van der Waals surface area contributed by atoms with Crippen molar-refractivity contribution in [2.24, 2.45) is 0 Å². The molecule has 94 valence electrons. The van der Waals surface area contributed by atoms with Crippen LogP contribution in [-0.2, 0) is 11.2 Å². The van der Waals surface area contributed by atoms with Gasteiger partial charge >= 0.3 is 5.97 Å². The van der Waals surface area contributed by atoms with Gasteiger partial charge in [-0.2, -0.15) is 0 Å². The van der Waals surface area contributed by atoms with Gasteiger partial charge in [0.15, 0.2) is 0 Å². The lowest BCUT2D eigenvalue weighted by Crippen LogP contribution is -2.04. The van der Waals surface area contributed by atoms with Crippen molar-refractivity contribution in [2.45, 2.75) is 13.3 Å². The molecular weight excluding hydrogens is 261 g/mol. The maximum Gasteiger partial charge on any atom is 0.309 e. The van der Waals surface area contributed by atoms with Gasteiger partial charge in [0.25, 0.3) is 0 Å². The van der Waals surface area contributed by atoms with Crippen molar-refractivity contribution in [3.05, 3.63) is 40.4 Å². The van der Waals surface area contributed by atoms with E-state index in [1.165, 1.54) is 22.9 Å². The topological polar surface area (TPSA) is 68.0 Å². The van der Waals surface area contributed by atoms with E-state index in [2.05, 4.69) is 10.3 Å². The van der Waals surface area contributed by atoms with Crippen molar-refractivity contribution < 1.29 is 14.3 Å². The Morgan fingerprint density at radius 3 is 2.94 bits per heavy atom. The number of aliphatic carboxylic acids is 1. The number of carboxylic acids is 1. The van der Waals surface area contributed by atoms with Crippen LogP contribution in [0.3, 0.4) is 0 Å². The molecular formula is C11H9ClFN3O2. The fraction of sp³-hybridized carbons (Fsp3) is 0.182. The van der Waals surface area contributed by atoms with E-state index in [4.69, 9.17) is 16.7 Å². The van der Waals surface area contributed by atoms with E-state index in [9.17, 15) is 9.18 Å². The Morgan fingerprint density at radius 1 is 1.56 bits per heavy atom. The van der Waals surface area contributed by atoms with Crippen molar-refractivity contribution >= 4 is 17.6 Å². The first-order valence-electron chi connectivity index (χ1n) is 5.07. The molecule has 0 bridgehead atoms. The highest BCUT2D eigenvalue weighted by Crippen LogP contribution is 2.22.